The van der Waals surface area contributed by atoms with Crippen LogP contribution in [0.1, 0.15) is 43.8 Å². The number of rotatable bonds is 6. The number of nitrogen functional groups attached to an aromatic ring is 1. The predicted molar refractivity (Wildman–Crippen MR) is 80.7 cm³/mol. The van der Waals surface area contributed by atoms with Crippen LogP contribution in [0.25, 0.3) is 0 Å². The Hall–Kier alpha value is -1.89. The second-order valence-corrected chi connectivity index (χ2v) is 5.68. The average Bonchev–Trinajstić information content (AvgIpc) is 3.21. The molecule has 114 valence electrons. The monoisotopic (exact) mass is 290 g/mol. The Morgan fingerprint density at radius 1 is 1.29 bits per heavy atom. The lowest BCUT2D eigenvalue weighted by molar-refractivity contribution is -0.129. The van der Waals surface area contributed by atoms with E-state index in [2.05, 4.69) is 20.7 Å². The molecule has 1 saturated carbocycles. The zero-order valence-electron chi connectivity index (χ0n) is 12.1. The summed E-state index contributed by atoms with van der Waals surface area (Å²) in [4.78, 5) is 22.8. The van der Waals surface area contributed by atoms with Crippen LogP contribution in [-0.4, -0.2) is 40.4 Å². The summed E-state index contributed by atoms with van der Waals surface area (Å²) in [6.45, 7) is 2.39. The summed E-state index contributed by atoms with van der Waals surface area (Å²) in [5, 5.41) is 3.20. The molecule has 2 heterocycles. The number of aromatic nitrogens is 2. The van der Waals surface area contributed by atoms with E-state index in [1.165, 1.54) is 0 Å². The minimum Gasteiger partial charge on any atom is -0.369 e. The van der Waals surface area contributed by atoms with Crippen molar-refractivity contribution in [1.82, 2.24) is 14.9 Å². The second-order valence-electron chi connectivity index (χ2n) is 5.68. The second kappa shape index (κ2) is 6.26. The van der Waals surface area contributed by atoms with Crippen LogP contribution in [0.5, 0.6) is 0 Å². The SMILES string of the molecule is NNc1cc(NCCC(=O)N2CCCC2)nc(C2CC2)n1. The quantitative estimate of drug-likeness (QED) is 0.535. The molecule has 1 amide bonds. The molecular weight excluding hydrogens is 268 g/mol. The molecule has 2 fully saturated rings. The van der Waals surface area contributed by atoms with Crippen LogP contribution >= 0.6 is 0 Å². The minimum atomic E-state index is 0.216. The molecule has 7 nitrogen and oxygen atoms in total. The Balaban J connectivity index is 1.54. The van der Waals surface area contributed by atoms with Crippen LogP contribution < -0.4 is 16.6 Å². The topological polar surface area (TPSA) is 96.2 Å². The Morgan fingerprint density at radius 3 is 2.67 bits per heavy atom. The molecule has 1 aliphatic heterocycles. The number of anilines is 2. The maximum absolute atomic E-state index is 12.0. The summed E-state index contributed by atoms with van der Waals surface area (Å²) < 4.78 is 0. The van der Waals surface area contributed by atoms with Crippen LogP contribution in [-0.2, 0) is 4.79 Å². The number of nitrogens with zero attached hydrogens (tertiary/aromatic N) is 3. The lowest BCUT2D eigenvalue weighted by Gasteiger charge is -2.15. The van der Waals surface area contributed by atoms with Crippen molar-refractivity contribution in [3.8, 4) is 0 Å². The summed E-state index contributed by atoms with van der Waals surface area (Å²) in [6.07, 6.45) is 5.03. The van der Waals surface area contributed by atoms with Crippen molar-refractivity contribution in [1.29, 1.82) is 0 Å². The van der Waals surface area contributed by atoms with Crippen LogP contribution in [0.15, 0.2) is 6.07 Å². The number of nitrogens with one attached hydrogen (secondary N) is 2. The Morgan fingerprint density at radius 2 is 2.00 bits per heavy atom. The highest BCUT2D eigenvalue weighted by Gasteiger charge is 2.27. The molecule has 7 heteroatoms. The largest absolute Gasteiger partial charge is 0.369 e. The normalized spacial score (nSPS) is 17.9. The van der Waals surface area contributed by atoms with Crippen LogP contribution in [0.3, 0.4) is 0 Å². The summed E-state index contributed by atoms with van der Waals surface area (Å²) in [6, 6.07) is 1.77. The lowest BCUT2D eigenvalue weighted by Crippen LogP contribution is -2.29. The van der Waals surface area contributed by atoms with Gasteiger partial charge in [0, 0.05) is 38.0 Å². The van der Waals surface area contributed by atoms with E-state index in [1.807, 2.05) is 4.90 Å². The molecule has 1 saturated heterocycles. The van der Waals surface area contributed by atoms with Gasteiger partial charge in [0.05, 0.1) is 0 Å². The van der Waals surface area contributed by atoms with E-state index < -0.39 is 0 Å². The summed E-state index contributed by atoms with van der Waals surface area (Å²) in [5.41, 5.74) is 2.57. The number of nitrogens with two attached hydrogens (primary N) is 1. The van der Waals surface area contributed by atoms with Gasteiger partial charge in [-0.05, 0) is 25.7 Å². The van der Waals surface area contributed by atoms with Gasteiger partial charge in [0.25, 0.3) is 0 Å². The van der Waals surface area contributed by atoms with Gasteiger partial charge in [0.1, 0.15) is 17.5 Å². The number of hydrazine groups is 1. The maximum Gasteiger partial charge on any atom is 0.224 e. The summed E-state index contributed by atoms with van der Waals surface area (Å²) in [5.74, 6) is 8.29. The van der Waals surface area contributed by atoms with E-state index in [4.69, 9.17) is 5.84 Å². The lowest BCUT2D eigenvalue weighted by atomic mass is 10.3. The van der Waals surface area contributed by atoms with Gasteiger partial charge in [0.15, 0.2) is 0 Å². The fraction of sp³-hybridized carbons (Fsp3) is 0.643. The Kier molecular flexibility index (Phi) is 4.19. The van der Waals surface area contributed by atoms with Gasteiger partial charge in [0.2, 0.25) is 5.91 Å². The molecule has 0 aromatic carbocycles. The number of carbonyl (C=O) groups is 1. The smallest absolute Gasteiger partial charge is 0.224 e. The first-order chi connectivity index (χ1) is 10.3. The minimum absolute atomic E-state index is 0.216. The predicted octanol–water partition coefficient (Wildman–Crippen LogP) is 1.06. The fourth-order valence-electron chi connectivity index (χ4n) is 2.58. The first kappa shape index (κ1) is 14.1. The highest BCUT2D eigenvalue weighted by Crippen LogP contribution is 2.38. The number of amides is 1. The molecule has 21 heavy (non-hydrogen) atoms. The first-order valence-corrected chi connectivity index (χ1v) is 7.63. The third kappa shape index (κ3) is 3.60. The van der Waals surface area contributed by atoms with E-state index in [0.29, 0.717) is 24.7 Å². The van der Waals surface area contributed by atoms with E-state index in [-0.39, 0.29) is 5.91 Å². The molecular formula is C14H22N6O. The van der Waals surface area contributed by atoms with Crippen LogP contribution in [0.4, 0.5) is 11.6 Å². The van der Waals surface area contributed by atoms with Gasteiger partial charge < -0.3 is 15.6 Å². The Labute approximate surface area is 124 Å². The third-order valence-electron chi connectivity index (χ3n) is 3.94. The zero-order chi connectivity index (χ0) is 14.7. The van der Waals surface area contributed by atoms with Gasteiger partial charge in [-0.1, -0.05) is 0 Å². The molecule has 4 N–H and O–H groups in total. The van der Waals surface area contributed by atoms with E-state index in [1.54, 1.807) is 6.07 Å². The van der Waals surface area contributed by atoms with Crippen molar-refractivity contribution in [2.24, 2.45) is 5.84 Å². The van der Waals surface area contributed by atoms with Crippen molar-refractivity contribution in [2.45, 2.75) is 38.0 Å². The molecule has 0 unspecified atom stereocenters. The van der Waals surface area contributed by atoms with Crippen molar-refractivity contribution in [3.05, 3.63) is 11.9 Å². The molecule has 0 radical (unpaired) electrons. The molecule has 1 aromatic rings. The van der Waals surface area contributed by atoms with E-state index in [9.17, 15) is 4.79 Å². The highest BCUT2D eigenvalue weighted by molar-refractivity contribution is 5.76. The molecule has 0 bridgehead atoms. The highest BCUT2D eigenvalue weighted by atomic mass is 16.2. The van der Waals surface area contributed by atoms with Crippen molar-refractivity contribution < 1.29 is 4.79 Å². The van der Waals surface area contributed by atoms with Crippen molar-refractivity contribution in [3.63, 3.8) is 0 Å². The van der Waals surface area contributed by atoms with Gasteiger partial charge >= 0.3 is 0 Å². The molecule has 1 aromatic heterocycles. The first-order valence-electron chi connectivity index (χ1n) is 7.63. The molecule has 3 rings (SSSR count). The van der Waals surface area contributed by atoms with Crippen molar-refractivity contribution in [2.75, 3.05) is 30.4 Å². The van der Waals surface area contributed by atoms with Gasteiger partial charge in [-0.15, -0.1) is 0 Å². The van der Waals surface area contributed by atoms with E-state index in [0.717, 1.165) is 50.4 Å². The maximum atomic E-state index is 12.0. The van der Waals surface area contributed by atoms with E-state index >= 15 is 0 Å². The molecule has 0 atom stereocenters. The molecule has 1 aliphatic carbocycles. The Bertz CT molecular complexity index is 510. The van der Waals surface area contributed by atoms with Crippen molar-refractivity contribution >= 4 is 17.5 Å². The summed E-state index contributed by atoms with van der Waals surface area (Å²) >= 11 is 0. The number of carbonyl (C=O) groups excluding carboxylic acids is 1. The zero-order valence-corrected chi connectivity index (χ0v) is 12.1. The van der Waals surface area contributed by atoms with Crippen LogP contribution in [0, 0.1) is 0 Å². The number of likely N-dealkylation sites (tertiary alicyclic amines) is 1. The molecule has 0 spiro atoms. The van der Waals surface area contributed by atoms with Gasteiger partial charge in [-0.3, -0.25) is 4.79 Å². The third-order valence-corrected chi connectivity index (χ3v) is 3.94. The molecule has 2 aliphatic rings. The fourth-order valence-corrected chi connectivity index (χ4v) is 2.58. The van der Waals surface area contributed by atoms with Gasteiger partial charge in [-0.25, -0.2) is 15.8 Å². The van der Waals surface area contributed by atoms with Crippen LogP contribution in [0.2, 0.25) is 0 Å². The van der Waals surface area contributed by atoms with Gasteiger partial charge in [-0.2, -0.15) is 0 Å². The number of hydrogen-bond acceptors (Lipinski definition) is 6. The summed E-state index contributed by atoms with van der Waals surface area (Å²) in [7, 11) is 0. The number of hydrogen-bond donors (Lipinski definition) is 3. The standard InChI is InChI=1S/C14H22N6O/c15-19-12-9-11(17-14(18-12)10-3-4-10)16-6-5-13(21)20-7-1-2-8-20/h9-10H,1-8,15H2,(H2,16,17,18,19). The average molecular weight is 290 g/mol.